The minimum Gasteiger partial charge on any atom is -0.269 e. The molecule has 160 valence electrons. The summed E-state index contributed by atoms with van der Waals surface area (Å²) < 4.78 is 3.20. The maximum absolute atomic E-state index is 12.5. The van der Waals surface area contributed by atoms with E-state index in [0.717, 1.165) is 22.1 Å². The van der Waals surface area contributed by atoms with Crippen molar-refractivity contribution in [1.29, 1.82) is 0 Å². The van der Waals surface area contributed by atoms with Crippen LogP contribution in [0.15, 0.2) is 88.9 Å². The smallest absolute Gasteiger partial charge is 0.258 e. The highest BCUT2D eigenvalue weighted by Gasteiger charge is 2.15. The Morgan fingerprint density at radius 1 is 0.909 bits per heavy atom. The largest absolute Gasteiger partial charge is 0.269 e. The molecule has 4 aromatic heterocycles. The Labute approximate surface area is 196 Å². The lowest BCUT2D eigenvalue weighted by Crippen LogP contribution is -2.15. The highest BCUT2D eigenvalue weighted by Crippen LogP contribution is 2.27. The molecular weight excluding hydrogens is 456 g/mol. The second-order valence-electron chi connectivity index (χ2n) is 7.40. The zero-order chi connectivity index (χ0) is 22.4. The first-order chi connectivity index (χ1) is 16.2. The number of halogens is 1. The zero-order valence-electron chi connectivity index (χ0n) is 17.1. The van der Waals surface area contributed by atoms with Crippen molar-refractivity contribution in [3.8, 4) is 11.4 Å². The molecule has 6 rings (SSSR count). The molecule has 9 heteroatoms. The van der Waals surface area contributed by atoms with Crippen LogP contribution < -0.4 is 5.56 Å². The van der Waals surface area contributed by atoms with Gasteiger partial charge in [0.15, 0.2) is 16.6 Å². The van der Waals surface area contributed by atoms with Gasteiger partial charge in [-0.05, 0) is 24.3 Å². The van der Waals surface area contributed by atoms with Gasteiger partial charge in [-0.15, -0.1) is 5.10 Å². The maximum Gasteiger partial charge on any atom is 0.258 e. The molecule has 0 atom stereocenters. The molecule has 6 aromatic rings. The van der Waals surface area contributed by atoms with Crippen LogP contribution in [0.5, 0.6) is 0 Å². The number of thioether (sulfide) groups is 1. The van der Waals surface area contributed by atoms with E-state index in [9.17, 15) is 4.79 Å². The number of benzene rings is 2. The summed E-state index contributed by atoms with van der Waals surface area (Å²) >= 11 is 7.46. The van der Waals surface area contributed by atoms with Gasteiger partial charge in [0, 0.05) is 29.0 Å². The van der Waals surface area contributed by atoms with Crippen molar-refractivity contribution in [1.82, 2.24) is 29.0 Å². The molecule has 0 unspecified atom stereocenters. The summed E-state index contributed by atoms with van der Waals surface area (Å²) in [6, 6.07) is 22.7. The molecule has 0 aliphatic heterocycles. The predicted molar refractivity (Wildman–Crippen MR) is 130 cm³/mol. The monoisotopic (exact) mass is 470 g/mol. The fraction of sp³-hybridized carbons (Fsp3) is 0.0417. The minimum absolute atomic E-state index is 0.179. The summed E-state index contributed by atoms with van der Waals surface area (Å²) in [5.74, 6) is 1.09. The predicted octanol–water partition coefficient (Wildman–Crippen LogP) is 4.90. The number of hydrogen-bond donors (Lipinski definition) is 0. The van der Waals surface area contributed by atoms with Gasteiger partial charge >= 0.3 is 0 Å². The molecule has 0 amide bonds. The molecule has 0 bridgehead atoms. The first kappa shape index (κ1) is 19.9. The molecule has 33 heavy (non-hydrogen) atoms. The normalized spacial score (nSPS) is 11.5. The Balaban J connectivity index is 1.44. The van der Waals surface area contributed by atoms with Crippen LogP contribution in [0.2, 0.25) is 5.02 Å². The van der Waals surface area contributed by atoms with E-state index in [0.29, 0.717) is 33.1 Å². The Kier molecular flexibility index (Phi) is 4.82. The highest BCUT2D eigenvalue weighted by molar-refractivity contribution is 7.98. The third-order valence-electron chi connectivity index (χ3n) is 5.21. The lowest BCUT2D eigenvalue weighted by atomic mass is 10.2. The van der Waals surface area contributed by atoms with Gasteiger partial charge in [-0.3, -0.25) is 9.20 Å². The quantitative estimate of drug-likeness (QED) is 0.269. The van der Waals surface area contributed by atoms with Crippen LogP contribution in [0.25, 0.3) is 33.6 Å². The van der Waals surface area contributed by atoms with Crippen molar-refractivity contribution in [3.63, 3.8) is 0 Å². The van der Waals surface area contributed by atoms with Crippen LogP contribution in [0.3, 0.4) is 0 Å². The molecule has 0 N–H and O–H groups in total. The van der Waals surface area contributed by atoms with Crippen LogP contribution >= 0.6 is 23.4 Å². The molecule has 0 saturated heterocycles. The molecule has 7 nitrogen and oxygen atoms in total. The molecular formula is C24H15ClN6OS. The summed E-state index contributed by atoms with van der Waals surface area (Å²) in [4.78, 5) is 26.7. The van der Waals surface area contributed by atoms with Gasteiger partial charge in [-0.2, -0.15) is 4.52 Å². The van der Waals surface area contributed by atoms with Gasteiger partial charge in [-0.25, -0.2) is 15.0 Å². The first-order valence-electron chi connectivity index (χ1n) is 10.2. The summed E-state index contributed by atoms with van der Waals surface area (Å²) in [6.45, 7) is 0. The third kappa shape index (κ3) is 3.63. The Bertz CT molecular complexity index is 1710. The fourth-order valence-corrected chi connectivity index (χ4v) is 4.67. The number of fused-ring (bicyclic) bond motifs is 4. The Hall–Kier alpha value is -3.75. The van der Waals surface area contributed by atoms with E-state index in [4.69, 9.17) is 26.7 Å². The number of nitrogens with zero attached hydrogens (tertiary/aromatic N) is 6. The molecule has 0 aliphatic carbocycles. The van der Waals surface area contributed by atoms with Crippen LogP contribution in [-0.4, -0.2) is 29.0 Å². The molecule has 0 fully saturated rings. The SMILES string of the molecule is O=c1cc(CSc2nc3ccccc3c3nc(-c4ccccc4)nn23)nc2ccc(Cl)cn12. The molecule has 0 radical (unpaired) electrons. The second-order valence-corrected chi connectivity index (χ2v) is 8.78. The van der Waals surface area contributed by atoms with Crippen molar-refractivity contribution >= 4 is 45.6 Å². The summed E-state index contributed by atoms with van der Waals surface area (Å²) in [5.41, 5.74) is 3.53. The van der Waals surface area contributed by atoms with E-state index in [2.05, 4.69) is 4.98 Å². The van der Waals surface area contributed by atoms with Crippen LogP contribution in [-0.2, 0) is 5.75 Å². The lowest BCUT2D eigenvalue weighted by Gasteiger charge is -2.07. The summed E-state index contributed by atoms with van der Waals surface area (Å²) in [5, 5.41) is 6.83. The third-order valence-corrected chi connectivity index (χ3v) is 6.39. The Morgan fingerprint density at radius 3 is 2.61 bits per heavy atom. The van der Waals surface area contributed by atoms with E-state index >= 15 is 0 Å². The topological polar surface area (TPSA) is 77.5 Å². The molecule has 0 spiro atoms. The number of hydrogen-bond acceptors (Lipinski definition) is 6. The fourth-order valence-electron chi connectivity index (χ4n) is 3.67. The summed E-state index contributed by atoms with van der Waals surface area (Å²) in [7, 11) is 0. The number of pyridine rings is 1. The summed E-state index contributed by atoms with van der Waals surface area (Å²) in [6.07, 6.45) is 1.57. The van der Waals surface area contributed by atoms with Crippen molar-refractivity contribution in [2.24, 2.45) is 0 Å². The minimum atomic E-state index is -0.179. The average Bonchev–Trinajstić information content (AvgIpc) is 3.30. The van der Waals surface area contributed by atoms with Crippen molar-refractivity contribution < 1.29 is 0 Å². The van der Waals surface area contributed by atoms with E-state index in [1.54, 1.807) is 22.8 Å². The molecule has 2 aromatic carbocycles. The van der Waals surface area contributed by atoms with Crippen molar-refractivity contribution in [3.05, 3.63) is 100 Å². The van der Waals surface area contributed by atoms with Gasteiger partial charge in [0.25, 0.3) is 5.56 Å². The maximum atomic E-state index is 12.5. The number of para-hydroxylation sites is 1. The second kappa shape index (κ2) is 7.99. The number of rotatable bonds is 4. The average molecular weight is 471 g/mol. The van der Waals surface area contributed by atoms with Gasteiger partial charge < -0.3 is 0 Å². The number of aromatic nitrogens is 6. The zero-order valence-corrected chi connectivity index (χ0v) is 18.7. The van der Waals surface area contributed by atoms with Crippen LogP contribution in [0.4, 0.5) is 0 Å². The van der Waals surface area contributed by atoms with Gasteiger partial charge in [-0.1, -0.05) is 65.8 Å². The standard InChI is InChI=1S/C24H15ClN6OS/c25-16-10-11-20-26-17(12-21(32)30(20)13-16)14-33-24-27-19-9-5-4-8-18(19)23-28-22(29-31(23)24)15-6-2-1-3-7-15/h1-13H,14H2. The molecule has 0 aliphatic rings. The van der Waals surface area contributed by atoms with E-state index in [1.807, 2.05) is 54.6 Å². The van der Waals surface area contributed by atoms with E-state index in [1.165, 1.54) is 22.2 Å². The van der Waals surface area contributed by atoms with E-state index in [-0.39, 0.29) is 5.56 Å². The van der Waals surface area contributed by atoms with Crippen LogP contribution in [0, 0.1) is 0 Å². The van der Waals surface area contributed by atoms with Crippen LogP contribution in [0.1, 0.15) is 5.69 Å². The van der Waals surface area contributed by atoms with Crippen molar-refractivity contribution in [2.75, 3.05) is 0 Å². The Morgan fingerprint density at radius 2 is 1.73 bits per heavy atom. The van der Waals surface area contributed by atoms with Gasteiger partial charge in [0.05, 0.1) is 16.2 Å². The van der Waals surface area contributed by atoms with Gasteiger partial charge in [0.1, 0.15) is 5.65 Å². The first-order valence-corrected chi connectivity index (χ1v) is 11.5. The van der Waals surface area contributed by atoms with E-state index < -0.39 is 0 Å². The molecule has 0 saturated carbocycles. The van der Waals surface area contributed by atoms with Gasteiger partial charge in [0.2, 0.25) is 0 Å². The lowest BCUT2D eigenvalue weighted by molar-refractivity contribution is 0.811. The van der Waals surface area contributed by atoms with Crippen molar-refractivity contribution in [2.45, 2.75) is 10.9 Å². The molecule has 4 heterocycles. The highest BCUT2D eigenvalue weighted by atomic mass is 35.5.